The molecule has 0 radical (unpaired) electrons. The zero-order chi connectivity index (χ0) is 22.1. The van der Waals surface area contributed by atoms with Crippen LogP contribution in [0.3, 0.4) is 0 Å². The molecule has 0 aliphatic carbocycles. The summed E-state index contributed by atoms with van der Waals surface area (Å²) in [6, 6.07) is 0. The van der Waals surface area contributed by atoms with Crippen molar-refractivity contribution in [3.63, 3.8) is 0 Å². The highest BCUT2D eigenvalue weighted by Gasteiger charge is 2.53. The number of aliphatic hydroxyl groups excluding tert-OH is 1. The Balaban J connectivity index is 3.81. The summed E-state index contributed by atoms with van der Waals surface area (Å²) in [5, 5.41) is 36.8. The van der Waals surface area contributed by atoms with Gasteiger partial charge < -0.3 is 20.4 Å². The van der Waals surface area contributed by atoms with Crippen molar-refractivity contribution in [2.24, 2.45) is 0 Å². The maximum atomic E-state index is 11.9. The minimum absolute atomic E-state index is 0.286. The number of carbonyl (C=O) groups excluding carboxylic acids is 1. The SMILES string of the molecule is CCCCCCCC/C=C\CCCCCCCC(=O)C(O)(C(=O)O)C(O)C(=O)O. The van der Waals surface area contributed by atoms with E-state index < -0.39 is 29.4 Å². The molecule has 0 spiro atoms. The second-order valence-electron chi connectivity index (χ2n) is 7.57. The van der Waals surface area contributed by atoms with Gasteiger partial charge >= 0.3 is 11.9 Å². The number of hydrogen-bond acceptors (Lipinski definition) is 5. The lowest BCUT2D eigenvalue weighted by Gasteiger charge is -2.24. The molecule has 0 saturated carbocycles. The molecular formula is C22H38O7. The molecule has 0 fully saturated rings. The zero-order valence-electron chi connectivity index (χ0n) is 17.6. The molecule has 0 rings (SSSR count). The number of allylic oxidation sites excluding steroid dienone is 2. The fourth-order valence-electron chi connectivity index (χ4n) is 3.11. The van der Waals surface area contributed by atoms with Crippen molar-refractivity contribution >= 4 is 17.7 Å². The Bertz CT molecular complexity index is 515. The van der Waals surface area contributed by atoms with Crippen LogP contribution >= 0.6 is 0 Å². The lowest BCUT2D eigenvalue weighted by Crippen LogP contribution is -2.58. The third kappa shape index (κ3) is 11.1. The number of ketones is 1. The Morgan fingerprint density at radius 1 is 0.793 bits per heavy atom. The summed E-state index contributed by atoms with van der Waals surface area (Å²) in [6.07, 6.45) is 15.3. The van der Waals surface area contributed by atoms with Gasteiger partial charge in [0.1, 0.15) is 0 Å². The number of unbranched alkanes of at least 4 members (excludes halogenated alkanes) is 11. The molecule has 168 valence electrons. The Hall–Kier alpha value is -1.73. The average Bonchev–Trinajstić information content (AvgIpc) is 2.69. The van der Waals surface area contributed by atoms with Crippen molar-refractivity contribution in [3.8, 4) is 0 Å². The summed E-state index contributed by atoms with van der Waals surface area (Å²) in [5.41, 5.74) is -3.30. The number of carboxylic acid groups (broad SMARTS) is 2. The molecule has 7 nitrogen and oxygen atoms in total. The highest BCUT2D eigenvalue weighted by atomic mass is 16.4. The van der Waals surface area contributed by atoms with Crippen molar-refractivity contribution < 1.29 is 34.8 Å². The highest BCUT2D eigenvalue weighted by molar-refractivity contribution is 6.10. The van der Waals surface area contributed by atoms with Crippen molar-refractivity contribution in [3.05, 3.63) is 12.2 Å². The van der Waals surface area contributed by atoms with E-state index in [9.17, 15) is 24.6 Å². The van der Waals surface area contributed by atoms with Crippen LogP contribution in [-0.4, -0.2) is 49.9 Å². The van der Waals surface area contributed by atoms with Gasteiger partial charge in [-0.05, 0) is 32.1 Å². The minimum atomic E-state index is -3.30. The summed E-state index contributed by atoms with van der Waals surface area (Å²) < 4.78 is 0. The van der Waals surface area contributed by atoms with Crippen LogP contribution in [0, 0.1) is 0 Å². The molecule has 0 aromatic rings. The molecule has 0 amide bonds. The van der Waals surface area contributed by atoms with Crippen LogP contribution in [0.25, 0.3) is 0 Å². The van der Waals surface area contributed by atoms with Gasteiger partial charge in [0.05, 0.1) is 0 Å². The first kappa shape index (κ1) is 27.3. The topological polar surface area (TPSA) is 132 Å². The largest absolute Gasteiger partial charge is 0.479 e. The van der Waals surface area contributed by atoms with Crippen molar-refractivity contribution in [2.75, 3.05) is 0 Å². The number of aliphatic carboxylic acids is 2. The van der Waals surface area contributed by atoms with Gasteiger partial charge in [-0.2, -0.15) is 0 Å². The van der Waals surface area contributed by atoms with Gasteiger partial charge in [0.2, 0.25) is 0 Å². The number of rotatable bonds is 19. The van der Waals surface area contributed by atoms with Gasteiger partial charge in [0.15, 0.2) is 11.9 Å². The van der Waals surface area contributed by atoms with Gasteiger partial charge in [0, 0.05) is 6.42 Å². The summed E-state index contributed by atoms with van der Waals surface area (Å²) in [5.74, 6) is -5.18. The van der Waals surface area contributed by atoms with Crippen LogP contribution in [0.4, 0.5) is 0 Å². The predicted octanol–water partition coefficient (Wildman–Crippen LogP) is 3.85. The lowest BCUT2D eigenvalue weighted by atomic mass is 9.88. The Morgan fingerprint density at radius 3 is 1.69 bits per heavy atom. The maximum Gasteiger partial charge on any atom is 0.347 e. The monoisotopic (exact) mass is 414 g/mol. The summed E-state index contributed by atoms with van der Waals surface area (Å²) in [4.78, 5) is 33.7. The summed E-state index contributed by atoms with van der Waals surface area (Å²) in [7, 11) is 0. The number of aliphatic hydroxyl groups is 2. The molecule has 29 heavy (non-hydrogen) atoms. The van der Waals surface area contributed by atoms with Crippen LogP contribution in [-0.2, 0) is 14.4 Å². The second kappa shape index (κ2) is 16.1. The van der Waals surface area contributed by atoms with E-state index in [1.165, 1.54) is 38.5 Å². The summed E-state index contributed by atoms with van der Waals surface area (Å²) >= 11 is 0. The Labute approximate surface area is 173 Å². The van der Waals surface area contributed by atoms with E-state index in [0.717, 1.165) is 32.1 Å². The van der Waals surface area contributed by atoms with E-state index >= 15 is 0 Å². The van der Waals surface area contributed by atoms with Gasteiger partial charge in [-0.15, -0.1) is 0 Å². The molecule has 2 atom stereocenters. The third-order valence-electron chi connectivity index (χ3n) is 5.05. The average molecular weight is 415 g/mol. The molecule has 0 aliphatic heterocycles. The van der Waals surface area contributed by atoms with Crippen LogP contribution < -0.4 is 0 Å². The molecule has 4 N–H and O–H groups in total. The smallest absolute Gasteiger partial charge is 0.347 e. The summed E-state index contributed by atoms with van der Waals surface area (Å²) in [6.45, 7) is 2.22. The Morgan fingerprint density at radius 2 is 1.24 bits per heavy atom. The standard InChI is InChI=1S/C22H38O7/c1-2-3-4-5-6-7-8-9-10-11-12-13-14-15-16-17-18(23)22(29,21(27)28)19(24)20(25)26/h9-10,19,24,29H,2-8,11-17H2,1H3,(H,25,26)(H,27,28)/b10-9-. The molecule has 0 bridgehead atoms. The van der Waals surface area contributed by atoms with Gasteiger partial charge in [-0.3, -0.25) is 4.79 Å². The fraction of sp³-hybridized carbons (Fsp3) is 0.773. The first-order valence-electron chi connectivity index (χ1n) is 10.8. The molecule has 2 unspecified atom stereocenters. The van der Waals surface area contributed by atoms with Crippen LogP contribution in [0.1, 0.15) is 96.8 Å². The van der Waals surface area contributed by atoms with Crippen LogP contribution in [0.2, 0.25) is 0 Å². The van der Waals surface area contributed by atoms with Gasteiger partial charge in [-0.25, -0.2) is 9.59 Å². The molecule has 0 saturated heterocycles. The van der Waals surface area contributed by atoms with E-state index in [-0.39, 0.29) is 6.42 Å². The lowest BCUT2D eigenvalue weighted by molar-refractivity contribution is -0.186. The normalized spacial score (nSPS) is 14.6. The first-order valence-corrected chi connectivity index (χ1v) is 10.8. The van der Waals surface area contributed by atoms with E-state index in [1.807, 2.05) is 0 Å². The highest BCUT2D eigenvalue weighted by Crippen LogP contribution is 2.18. The van der Waals surface area contributed by atoms with Crippen molar-refractivity contribution in [1.82, 2.24) is 0 Å². The number of hydrogen-bond donors (Lipinski definition) is 4. The fourth-order valence-corrected chi connectivity index (χ4v) is 3.11. The van der Waals surface area contributed by atoms with E-state index in [0.29, 0.717) is 12.8 Å². The number of carbonyl (C=O) groups is 3. The maximum absolute atomic E-state index is 11.9. The molecule has 0 aromatic heterocycles. The molecule has 0 aliphatic rings. The van der Waals surface area contributed by atoms with Crippen molar-refractivity contribution in [1.29, 1.82) is 0 Å². The zero-order valence-corrected chi connectivity index (χ0v) is 17.6. The van der Waals surface area contributed by atoms with Crippen molar-refractivity contribution in [2.45, 2.75) is 109 Å². The number of Topliss-reactive ketones (excluding diaryl/α,β-unsaturated/α-hetero) is 1. The predicted molar refractivity (Wildman–Crippen MR) is 111 cm³/mol. The van der Waals surface area contributed by atoms with E-state index in [4.69, 9.17) is 10.2 Å². The molecule has 0 aromatic carbocycles. The second-order valence-corrected chi connectivity index (χ2v) is 7.57. The minimum Gasteiger partial charge on any atom is -0.479 e. The molecular weight excluding hydrogens is 376 g/mol. The van der Waals surface area contributed by atoms with Gasteiger partial charge in [0.25, 0.3) is 5.60 Å². The third-order valence-corrected chi connectivity index (χ3v) is 5.05. The Kier molecular flexibility index (Phi) is 15.1. The van der Waals surface area contributed by atoms with Crippen LogP contribution in [0.15, 0.2) is 12.2 Å². The number of carboxylic acids is 2. The molecule has 7 heteroatoms. The van der Waals surface area contributed by atoms with Crippen LogP contribution in [0.5, 0.6) is 0 Å². The first-order chi connectivity index (χ1) is 13.8. The van der Waals surface area contributed by atoms with E-state index in [1.54, 1.807) is 0 Å². The van der Waals surface area contributed by atoms with E-state index in [2.05, 4.69) is 19.1 Å². The molecule has 0 heterocycles. The quantitative estimate of drug-likeness (QED) is 0.143. The van der Waals surface area contributed by atoms with Gasteiger partial charge in [-0.1, -0.05) is 70.4 Å².